The third-order valence-corrected chi connectivity index (χ3v) is 13.7. The van der Waals surface area contributed by atoms with Crippen LogP contribution in [0.15, 0.2) is 89.4 Å². The molecule has 0 bridgehead atoms. The molecular formula is C35H44BrNO5Si. The average Bonchev–Trinajstić information content (AvgIpc) is 3.37. The number of rotatable bonds is 8. The third kappa shape index (κ3) is 7.24. The molecule has 1 amide bonds. The number of carbonyl (C=O) groups excluding carboxylic acids is 2. The van der Waals surface area contributed by atoms with Crippen molar-refractivity contribution in [1.82, 2.24) is 4.90 Å². The Hall–Kier alpha value is -2.94. The maximum atomic E-state index is 13.9. The van der Waals surface area contributed by atoms with Crippen molar-refractivity contribution in [3.8, 4) is 0 Å². The minimum atomic E-state index is -2.85. The summed E-state index contributed by atoms with van der Waals surface area (Å²) >= 11 is 3.49. The van der Waals surface area contributed by atoms with Crippen LogP contribution in [-0.4, -0.2) is 56.7 Å². The van der Waals surface area contributed by atoms with E-state index in [2.05, 4.69) is 85.2 Å². The number of benzene rings is 3. The Morgan fingerprint density at radius 3 is 1.86 bits per heavy atom. The van der Waals surface area contributed by atoms with Crippen molar-refractivity contribution in [3.63, 3.8) is 0 Å². The minimum absolute atomic E-state index is 0.212. The first kappa shape index (κ1) is 33.0. The molecule has 230 valence electrons. The lowest BCUT2D eigenvalue weighted by Crippen LogP contribution is -2.67. The van der Waals surface area contributed by atoms with Crippen LogP contribution in [0.4, 0.5) is 4.79 Å². The third-order valence-electron chi connectivity index (χ3n) is 8.13. The zero-order chi connectivity index (χ0) is 31.4. The number of amides is 1. The molecule has 0 unspecified atom stereocenters. The smallest absolute Gasteiger partial charge is 0.410 e. The zero-order valence-corrected chi connectivity index (χ0v) is 28.9. The molecule has 3 aromatic carbocycles. The van der Waals surface area contributed by atoms with Gasteiger partial charge in [-0.05, 0) is 66.7 Å². The van der Waals surface area contributed by atoms with Crippen LogP contribution >= 0.6 is 15.9 Å². The SMILES string of the molecule is COC(=O)[C@@H](c1ccc(Br)cc1)[C@H]1CC[C@H](CO[Si](c2ccccc2)(c2ccccc2)C(C)(C)C)N1C(=O)OC(C)(C)C. The van der Waals surface area contributed by atoms with Gasteiger partial charge >= 0.3 is 12.1 Å². The van der Waals surface area contributed by atoms with Gasteiger partial charge in [0.05, 0.1) is 25.8 Å². The molecule has 1 saturated heterocycles. The number of likely N-dealkylation sites (tertiary alicyclic amines) is 1. The fourth-order valence-corrected chi connectivity index (χ4v) is 11.2. The fourth-order valence-electron chi connectivity index (χ4n) is 6.30. The van der Waals surface area contributed by atoms with Crippen molar-refractivity contribution in [2.75, 3.05) is 13.7 Å². The van der Waals surface area contributed by atoms with Gasteiger partial charge in [0.25, 0.3) is 8.32 Å². The second-order valence-electron chi connectivity index (χ2n) is 13.2. The summed E-state index contributed by atoms with van der Waals surface area (Å²) in [4.78, 5) is 29.0. The Labute approximate surface area is 266 Å². The normalized spacial score (nSPS) is 18.3. The topological polar surface area (TPSA) is 65.1 Å². The summed E-state index contributed by atoms with van der Waals surface area (Å²) in [7, 11) is -1.46. The molecule has 1 fully saturated rings. The number of esters is 1. The molecule has 0 spiro atoms. The van der Waals surface area contributed by atoms with E-state index in [4.69, 9.17) is 13.9 Å². The van der Waals surface area contributed by atoms with Gasteiger partial charge in [-0.2, -0.15) is 0 Å². The molecule has 1 aliphatic rings. The number of methoxy groups -OCH3 is 1. The largest absolute Gasteiger partial charge is 0.468 e. The molecule has 0 saturated carbocycles. The number of hydrogen-bond acceptors (Lipinski definition) is 5. The first-order chi connectivity index (χ1) is 20.3. The lowest BCUT2D eigenvalue weighted by atomic mass is 9.90. The van der Waals surface area contributed by atoms with E-state index in [1.165, 1.54) is 17.5 Å². The first-order valence-corrected chi connectivity index (χ1v) is 17.6. The van der Waals surface area contributed by atoms with Crippen molar-refractivity contribution in [1.29, 1.82) is 0 Å². The molecule has 3 atom stereocenters. The summed E-state index contributed by atoms with van der Waals surface area (Å²) in [5, 5.41) is 2.14. The summed E-state index contributed by atoms with van der Waals surface area (Å²) < 4.78 is 19.4. The number of carbonyl (C=O) groups is 2. The van der Waals surface area contributed by atoms with E-state index in [1.807, 2.05) is 57.2 Å². The van der Waals surface area contributed by atoms with Crippen LogP contribution in [0.5, 0.6) is 0 Å². The van der Waals surface area contributed by atoms with Crippen molar-refractivity contribution < 1.29 is 23.5 Å². The maximum absolute atomic E-state index is 13.9. The number of hydrogen-bond donors (Lipinski definition) is 0. The van der Waals surface area contributed by atoms with Gasteiger partial charge in [-0.3, -0.25) is 9.69 Å². The van der Waals surface area contributed by atoms with Crippen molar-refractivity contribution in [2.45, 2.75) is 83.0 Å². The van der Waals surface area contributed by atoms with Crippen LogP contribution in [0.1, 0.15) is 65.9 Å². The summed E-state index contributed by atoms with van der Waals surface area (Å²) in [5.41, 5.74) is 0.0913. The van der Waals surface area contributed by atoms with Crippen LogP contribution in [0.2, 0.25) is 5.04 Å². The van der Waals surface area contributed by atoms with E-state index in [1.54, 1.807) is 4.90 Å². The Balaban J connectivity index is 1.77. The van der Waals surface area contributed by atoms with Crippen LogP contribution in [0.3, 0.4) is 0 Å². The summed E-state index contributed by atoms with van der Waals surface area (Å²) in [6.45, 7) is 12.6. The molecule has 1 aliphatic heterocycles. The molecule has 3 aromatic rings. The quantitative estimate of drug-likeness (QED) is 0.191. The standard InChI is InChI=1S/C35H44BrNO5Si/c1-34(2,3)42-33(39)37-27(22-23-30(37)31(32(38)40-7)25-18-20-26(36)21-19-25)24-41-43(35(4,5)6,28-14-10-8-11-15-28)29-16-12-9-13-17-29/h8-21,27,30-31H,22-24H2,1-7H3/t27-,30-,31+/m1/s1. The average molecular weight is 667 g/mol. The number of ether oxygens (including phenoxy) is 2. The van der Waals surface area contributed by atoms with Gasteiger partial charge in [-0.15, -0.1) is 0 Å². The van der Waals surface area contributed by atoms with E-state index in [-0.39, 0.29) is 17.0 Å². The summed E-state index contributed by atoms with van der Waals surface area (Å²) in [5.74, 6) is -1.04. The van der Waals surface area contributed by atoms with Crippen molar-refractivity contribution >= 4 is 46.7 Å². The van der Waals surface area contributed by atoms with E-state index < -0.39 is 32.0 Å². The van der Waals surface area contributed by atoms with E-state index in [9.17, 15) is 9.59 Å². The zero-order valence-electron chi connectivity index (χ0n) is 26.3. The van der Waals surface area contributed by atoms with Gasteiger partial charge in [0.2, 0.25) is 0 Å². The van der Waals surface area contributed by atoms with Gasteiger partial charge in [-0.1, -0.05) is 109 Å². The minimum Gasteiger partial charge on any atom is -0.468 e. The molecular weight excluding hydrogens is 622 g/mol. The van der Waals surface area contributed by atoms with E-state index in [0.29, 0.717) is 19.4 Å². The van der Waals surface area contributed by atoms with Crippen molar-refractivity contribution in [2.24, 2.45) is 0 Å². The highest BCUT2D eigenvalue weighted by Gasteiger charge is 2.52. The highest BCUT2D eigenvalue weighted by molar-refractivity contribution is 9.10. The van der Waals surface area contributed by atoms with Gasteiger partial charge in [-0.25, -0.2) is 4.79 Å². The molecule has 6 nitrogen and oxygen atoms in total. The number of halogens is 1. The molecule has 4 rings (SSSR count). The fraction of sp³-hybridized carbons (Fsp3) is 0.429. The van der Waals surface area contributed by atoms with Crippen LogP contribution < -0.4 is 10.4 Å². The molecule has 0 radical (unpaired) electrons. The highest BCUT2D eigenvalue weighted by atomic mass is 79.9. The van der Waals surface area contributed by atoms with Gasteiger partial charge in [0, 0.05) is 4.47 Å². The Morgan fingerprint density at radius 1 is 0.860 bits per heavy atom. The molecule has 0 aromatic heterocycles. The van der Waals surface area contributed by atoms with Crippen LogP contribution in [0, 0.1) is 0 Å². The van der Waals surface area contributed by atoms with Crippen LogP contribution in [0.25, 0.3) is 0 Å². The van der Waals surface area contributed by atoms with E-state index in [0.717, 1.165) is 10.0 Å². The predicted molar refractivity (Wildman–Crippen MR) is 177 cm³/mol. The second kappa shape index (κ2) is 13.4. The predicted octanol–water partition coefficient (Wildman–Crippen LogP) is 7.05. The van der Waals surface area contributed by atoms with Crippen molar-refractivity contribution in [3.05, 3.63) is 95.0 Å². The second-order valence-corrected chi connectivity index (χ2v) is 18.4. The maximum Gasteiger partial charge on any atom is 0.410 e. The molecule has 0 N–H and O–H groups in total. The molecule has 43 heavy (non-hydrogen) atoms. The highest BCUT2D eigenvalue weighted by Crippen LogP contribution is 2.40. The Bertz CT molecular complexity index is 1330. The lowest BCUT2D eigenvalue weighted by molar-refractivity contribution is -0.144. The van der Waals surface area contributed by atoms with Gasteiger partial charge in [0.1, 0.15) is 11.5 Å². The first-order valence-electron chi connectivity index (χ1n) is 14.9. The monoisotopic (exact) mass is 665 g/mol. The van der Waals surface area contributed by atoms with E-state index >= 15 is 0 Å². The summed E-state index contributed by atoms with van der Waals surface area (Å²) in [6, 6.07) is 27.8. The lowest BCUT2D eigenvalue weighted by Gasteiger charge is -2.44. The number of nitrogens with zero attached hydrogens (tertiary/aromatic N) is 1. The Morgan fingerprint density at radius 2 is 1.40 bits per heavy atom. The van der Waals surface area contributed by atoms with Gasteiger partial charge in [0.15, 0.2) is 0 Å². The molecule has 8 heteroatoms. The van der Waals surface area contributed by atoms with Crippen LogP contribution in [-0.2, 0) is 18.7 Å². The molecule has 1 heterocycles. The van der Waals surface area contributed by atoms with Gasteiger partial charge < -0.3 is 13.9 Å². The summed E-state index contributed by atoms with van der Waals surface area (Å²) in [6.07, 6.45) is 0.841. The Kier molecular flexibility index (Phi) is 10.2. The molecule has 0 aliphatic carbocycles.